The molecule has 1 aromatic rings. The van der Waals surface area contributed by atoms with Crippen LogP contribution in [0.4, 0.5) is 0 Å². The molecule has 0 aliphatic carbocycles. The van der Waals surface area contributed by atoms with Crippen molar-refractivity contribution in [2.24, 2.45) is 5.73 Å². The Morgan fingerprint density at radius 2 is 2.23 bits per heavy atom. The van der Waals surface area contributed by atoms with Crippen molar-refractivity contribution in [3.8, 4) is 0 Å². The molecule has 0 saturated heterocycles. The lowest BCUT2D eigenvalue weighted by atomic mass is 10.1. The van der Waals surface area contributed by atoms with Gasteiger partial charge in [0.05, 0.1) is 5.02 Å². The van der Waals surface area contributed by atoms with Gasteiger partial charge in [0.15, 0.2) is 0 Å². The number of rotatable bonds is 3. The summed E-state index contributed by atoms with van der Waals surface area (Å²) in [6, 6.07) is 1.77. The molecule has 0 saturated carbocycles. The summed E-state index contributed by atoms with van der Waals surface area (Å²) in [4.78, 5) is 3.86. The van der Waals surface area contributed by atoms with Gasteiger partial charge in [0.25, 0.3) is 0 Å². The van der Waals surface area contributed by atoms with Crippen molar-refractivity contribution in [2.75, 3.05) is 0 Å². The molecule has 0 radical (unpaired) electrons. The standard InChI is InChI=1S/C9H12Cl2N2/c1-2-3-7(12)6-4-5-13-9(11)8(6)10/h4-5,7H,2-3,12H2,1H3/t7-/m1/s1. The van der Waals surface area contributed by atoms with Crippen LogP contribution < -0.4 is 5.73 Å². The number of pyridine rings is 1. The zero-order valence-electron chi connectivity index (χ0n) is 7.43. The van der Waals surface area contributed by atoms with Crippen LogP contribution in [0.3, 0.4) is 0 Å². The first-order valence-electron chi connectivity index (χ1n) is 4.22. The number of hydrogen-bond donors (Lipinski definition) is 1. The number of nitrogens with two attached hydrogens (primary N) is 1. The van der Waals surface area contributed by atoms with Crippen molar-refractivity contribution in [3.05, 3.63) is 28.0 Å². The molecule has 0 aliphatic heterocycles. The second kappa shape index (κ2) is 4.80. The molecule has 0 bridgehead atoms. The molecule has 0 unspecified atom stereocenters. The van der Waals surface area contributed by atoms with E-state index in [0.29, 0.717) is 10.2 Å². The van der Waals surface area contributed by atoms with Gasteiger partial charge in [-0.25, -0.2) is 4.98 Å². The monoisotopic (exact) mass is 218 g/mol. The maximum absolute atomic E-state index is 5.95. The van der Waals surface area contributed by atoms with Crippen molar-refractivity contribution >= 4 is 23.2 Å². The average Bonchev–Trinajstić information content (AvgIpc) is 2.10. The van der Waals surface area contributed by atoms with Crippen LogP contribution in [-0.4, -0.2) is 4.98 Å². The van der Waals surface area contributed by atoms with Crippen molar-refractivity contribution in [1.82, 2.24) is 4.98 Å². The lowest BCUT2D eigenvalue weighted by Crippen LogP contribution is -2.10. The van der Waals surface area contributed by atoms with Gasteiger partial charge < -0.3 is 5.73 Å². The van der Waals surface area contributed by atoms with Gasteiger partial charge in [-0.05, 0) is 18.1 Å². The molecule has 2 nitrogen and oxygen atoms in total. The van der Waals surface area contributed by atoms with E-state index in [9.17, 15) is 0 Å². The first kappa shape index (κ1) is 10.8. The minimum absolute atomic E-state index is 0.0435. The normalized spacial score (nSPS) is 12.9. The number of hydrogen-bond acceptors (Lipinski definition) is 2. The number of halogens is 2. The Bertz CT molecular complexity index is 289. The fourth-order valence-electron chi connectivity index (χ4n) is 1.18. The van der Waals surface area contributed by atoms with E-state index < -0.39 is 0 Å². The van der Waals surface area contributed by atoms with Gasteiger partial charge >= 0.3 is 0 Å². The molecule has 72 valence electrons. The molecule has 4 heteroatoms. The molecule has 0 amide bonds. The third-order valence-electron chi connectivity index (χ3n) is 1.88. The van der Waals surface area contributed by atoms with Crippen LogP contribution in [0, 0.1) is 0 Å². The van der Waals surface area contributed by atoms with Gasteiger partial charge in [0, 0.05) is 12.2 Å². The van der Waals surface area contributed by atoms with Gasteiger partial charge in [0.1, 0.15) is 5.15 Å². The Labute approximate surface area is 88.1 Å². The molecule has 0 aromatic carbocycles. The van der Waals surface area contributed by atoms with Crippen molar-refractivity contribution in [3.63, 3.8) is 0 Å². The first-order chi connectivity index (χ1) is 6.16. The highest BCUT2D eigenvalue weighted by Gasteiger charge is 2.11. The highest BCUT2D eigenvalue weighted by molar-refractivity contribution is 6.41. The van der Waals surface area contributed by atoms with Crippen LogP contribution in [0.25, 0.3) is 0 Å². The number of aromatic nitrogens is 1. The molecule has 2 N–H and O–H groups in total. The summed E-state index contributed by atoms with van der Waals surface area (Å²) in [6.07, 6.45) is 3.55. The summed E-state index contributed by atoms with van der Waals surface area (Å²) in [6.45, 7) is 2.08. The van der Waals surface area contributed by atoms with Crippen molar-refractivity contribution in [2.45, 2.75) is 25.8 Å². The Morgan fingerprint density at radius 1 is 1.54 bits per heavy atom. The Balaban J connectivity index is 2.93. The van der Waals surface area contributed by atoms with E-state index in [-0.39, 0.29) is 6.04 Å². The summed E-state index contributed by atoms with van der Waals surface area (Å²) >= 11 is 11.7. The fourth-order valence-corrected chi connectivity index (χ4v) is 1.60. The van der Waals surface area contributed by atoms with E-state index in [1.165, 1.54) is 0 Å². The summed E-state index contributed by atoms with van der Waals surface area (Å²) < 4.78 is 0. The topological polar surface area (TPSA) is 38.9 Å². The molecule has 0 fully saturated rings. The Hall–Kier alpha value is -0.310. The highest BCUT2D eigenvalue weighted by atomic mass is 35.5. The van der Waals surface area contributed by atoms with E-state index in [4.69, 9.17) is 28.9 Å². The third kappa shape index (κ3) is 2.56. The van der Waals surface area contributed by atoms with Crippen LogP contribution in [0.5, 0.6) is 0 Å². The molecule has 1 atom stereocenters. The highest BCUT2D eigenvalue weighted by Crippen LogP contribution is 2.28. The molecule has 1 rings (SSSR count). The molecule has 1 heterocycles. The fraction of sp³-hybridized carbons (Fsp3) is 0.444. The minimum atomic E-state index is -0.0435. The Morgan fingerprint density at radius 3 is 2.85 bits per heavy atom. The molecule has 1 aromatic heterocycles. The van der Waals surface area contributed by atoms with Crippen LogP contribution in [0.15, 0.2) is 12.3 Å². The zero-order valence-corrected chi connectivity index (χ0v) is 8.94. The van der Waals surface area contributed by atoms with E-state index in [1.807, 2.05) is 6.07 Å². The van der Waals surface area contributed by atoms with E-state index in [2.05, 4.69) is 11.9 Å². The van der Waals surface area contributed by atoms with Crippen LogP contribution >= 0.6 is 23.2 Å². The quantitative estimate of drug-likeness (QED) is 0.793. The molecule has 0 aliphatic rings. The summed E-state index contributed by atoms with van der Waals surface area (Å²) in [7, 11) is 0. The lowest BCUT2D eigenvalue weighted by molar-refractivity contribution is 0.638. The van der Waals surface area contributed by atoms with E-state index in [1.54, 1.807) is 6.20 Å². The lowest BCUT2D eigenvalue weighted by Gasteiger charge is -2.12. The van der Waals surface area contributed by atoms with E-state index >= 15 is 0 Å². The van der Waals surface area contributed by atoms with Crippen molar-refractivity contribution < 1.29 is 0 Å². The van der Waals surface area contributed by atoms with Gasteiger partial charge in [-0.2, -0.15) is 0 Å². The smallest absolute Gasteiger partial charge is 0.147 e. The van der Waals surface area contributed by atoms with Crippen LogP contribution in [0.2, 0.25) is 10.2 Å². The summed E-state index contributed by atoms with van der Waals surface area (Å²) in [5, 5.41) is 0.802. The predicted octanol–water partition coefficient (Wildman–Crippen LogP) is 3.19. The van der Waals surface area contributed by atoms with Crippen LogP contribution in [0.1, 0.15) is 31.4 Å². The van der Waals surface area contributed by atoms with Crippen molar-refractivity contribution in [1.29, 1.82) is 0 Å². The first-order valence-corrected chi connectivity index (χ1v) is 4.98. The largest absolute Gasteiger partial charge is 0.324 e. The molecule has 13 heavy (non-hydrogen) atoms. The zero-order chi connectivity index (χ0) is 9.84. The SMILES string of the molecule is CCC[C@@H](N)c1ccnc(Cl)c1Cl. The Kier molecular flexibility index (Phi) is 3.97. The summed E-state index contributed by atoms with van der Waals surface area (Å²) in [5.41, 5.74) is 6.78. The van der Waals surface area contributed by atoms with Gasteiger partial charge in [-0.3, -0.25) is 0 Å². The maximum Gasteiger partial charge on any atom is 0.147 e. The second-order valence-corrected chi connectivity index (χ2v) is 3.64. The maximum atomic E-state index is 5.95. The second-order valence-electron chi connectivity index (χ2n) is 2.90. The number of nitrogens with zero attached hydrogens (tertiary/aromatic N) is 1. The van der Waals surface area contributed by atoms with Gasteiger partial charge in [-0.15, -0.1) is 0 Å². The molecular formula is C9H12Cl2N2. The average molecular weight is 219 g/mol. The van der Waals surface area contributed by atoms with Gasteiger partial charge in [-0.1, -0.05) is 36.5 Å². The molecular weight excluding hydrogens is 207 g/mol. The van der Waals surface area contributed by atoms with Crippen LogP contribution in [-0.2, 0) is 0 Å². The van der Waals surface area contributed by atoms with Gasteiger partial charge in [0.2, 0.25) is 0 Å². The predicted molar refractivity (Wildman–Crippen MR) is 56.1 cm³/mol. The molecule has 0 spiro atoms. The minimum Gasteiger partial charge on any atom is -0.324 e. The van der Waals surface area contributed by atoms with E-state index in [0.717, 1.165) is 18.4 Å². The summed E-state index contributed by atoms with van der Waals surface area (Å²) in [5.74, 6) is 0. The third-order valence-corrected chi connectivity index (χ3v) is 2.66.